The Hall–Kier alpha value is -0.830. The van der Waals surface area contributed by atoms with E-state index in [9.17, 15) is 5.21 Å². The highest BCUT2D eigenvalue weighted by atomic mass is 79.9. The molecule has 1 aromatic heterocycles. The fourth-order valence-corrected chi connectivity index (χ4v) is 1.12. The molecule has 0 aromatic carbocycles. The topological polar surface area (TPSA) is 26.9 Å². The summed E-state index contributed by atoms with van der Waals surface area (Å²) in [5, 5.41) is 10.6. The average molecular weight is 200 g/mol. The highest BCUT2D eigenvalue weighted by molar-refractivity contribution is 9.10. The average Bonchev–Trinajstić information content (AvgIpc) is 1.88. The first kappa shape index (κ1) is 7.28. The van der Waals surface area contributed by atoms with Gasteiger partial charge in [0.2, 0.25) is 0 Å². The molecule has 10 heavy (non-hydrogen) atoms. The van der Waals surface area contributed by atoms with Crippen molar-refractivity contribution in [2.45, 2.75) is 0 Å². The summed E-state index contributed by atoms with van der Waals surface area (Å²) in [5.74, 6) is 0. The molecule has 0 radical (unpaired) electrons. The van der Waals surface area contributed by atoms with E-state index in [-0.39, 0.29) is 0 Å². The first-order valence-electron chi connectivity index (χ1n) is 2.75. The number of hydrogen-bond donors (Lipinski definition) is 0. The lowest BCUT2D eigenvalue weighted by atomic mass is 10.3. The van der Waals surface area contributed by atoms with Crippen LogP contribution < -0.4 is 4.73 Å². The molecule has 0 aliphatic rings. The maximum Gasteiger partial charge on any atom is 0.195 e. The molecule has 52 valence electrons. The molecule has 0 aliphatic heterocycles. The van der Waals surface area contributed by atoms with Gasteiger partial charge < -0.3 is 5.21 Å². The van der Waals surface area contributed by atoms with E-state index in [1.165, 1.54) is 12.4 Å². The Bertz CT molecular complexity index is 260. The summed E-state index contributed by atoms with van der Waals surface area (Å²) in [6.07, 6.45) is 4.56. The summed E-state index contributed by atoms with van der Waals surface area (Å²) in [7, 11) is 0. The maximum atomic E-state index is 10.6. The third-order valence-electron chi connectivity index (χ3n) is 1.14. The van der Waals surface area contributed by atoms with Gasteiger partial charge in [0.1, 0.15) is 0 Å². The predicted molar refractivity (Wildman–Crippen MR) is 43.2 cm³/mol. The maximum absolute atomic E-state index is 10.6. The van der Waals surface area contributed by atoms with E-state index in [1.807, 2.05) is 0 Å². The van der Waals surface area contributed by atoms with Gasteiger partial charge >= 0.3 is 0 Å². The molecule has 0 fully saturated rings. The summed E-state index contributed by atoms with van der Waals surface area (Å²) < 4.78 is 1.50. The van der Waals surface area contributed by atoms with Crippen LogP contribution >= 0.6 is 15.9 Å². The monoisotopic (exact) mass is 199 g/mol. The standard InChI is InChI=1S/C7H6BrNO/c1-2-6-3-4-9(10)5-7(6)8/h2-5H,1H2. The van der Waals surface area contributed by atoms with Crippen molar-refractivity contribution in [3.8, 4) is 0 Å². The van der Waals surface area contributed by atoms with Crippen molar-refractivity contribution in [3.63, 3.8) is 0 Å². The van der Waals surface area contributed by atoms with Crippen LogP contribution in [-0.2, 0) is 0 Å². The van der Waals surface area contributed by atoms with Crippen LogP contribution in [0.3, 0.4) is 0 Å². The highest BCUT2D eigenvalue weighted by Gasteiger charge is 1.97. The molecule has 0 unspecified atom stereocenters. The van der Waals surface area contributed by atoms with E-state index in [0.717, 1.165) is 14.8 Å². The number of nitrogens with zero attached hydrogens (tertiary/aromatic N) is 1. The number of halogens is 1. The summed E-state index contributed by atoms with van der Waals surface area (Å²) >= 11 is 3.22. The van der Waals surface area contributed by atoms with Gasteiger partial charge in [0.05, 0.1) is 4.47 Å². The van der Waals surface area contributed by atoms with Gasteiger partial charge in [-0.3, -0.25) is 0 Å². The van der Waals surface area contributed by atoms with Crippen LogP contribution in [0.2, 0.25) is 0 Å². The van der Waals surface area contributed by atoms with Crippen molar-refractivity contribution in [1.82, 2.24) is 0 Å². The summed E-state index contributed by atoms with van der Waals surface area (Å²) in [6.45, 7) is 3.58. The lowest BCUT2D eigenvalue weighted by Gasteiger charge is -1.97. The van der Waals surface area contributed by atoms with E-state index in [1.54, 1.807) is 12.1 Å². The van der Waals surface area contributed by atoms with Crippen LogP contribution in [0.5, 0.6) is 0 Å². The Morgan fingerprint density at radius 1 is 1.70 bits per heavy atom. The third-order valence-corrected chi connectivity index (χ3v) is 1.80. The van der Waals surface area contributed by atoms with E-state index in [4.69, 9.17) is 0 Å². The molecule has 0 amide bonds. The van der Waals surface area contributed by atoms with Gasteiger partial charge in [-0.15, -0.1) is 0 Å². The van der Waals surface area contributed by atoms with Crippen LogP contribution in [0.15, 0.2) is 29.5 Å². The van der Waals surface area contributed by atoms with Crippen LogP contribution in [0.4, 0.5) is 0 Å². The fraction of sp³-hybridized carbons (Fsp3) is 0. The second-order valence-electron chi connectivity index (χ2n) is 1.81. The molecule has 0 saturated heterocycles. The van der Waals surface area contributed by atoms with E-state index in [2.05, 4.69) is 22.5 Å². The molecule has 1 heterocycles. The highest BCUT2D eigenvalue weighted by Crippen LogP contribution is 2.13. The van der Waals surface area contributed by atoms with E-state index in [0.29, 0.717) is 0 Å². The van der Waals surface area contributed by atoms with E-state index < -0.39 is 0 Å². The van der Waals surface area contributed by atoms with Gasteiger partial charge in [-0.2, -0.15) is 4.73 Å². The van der Waals surface area contributed by atoms with Gasteiger partial charge in [-0.1, -0.05) is 12.7 Å². The number of pyridine rings is 1. The van der Waals surface area contributed by atoms with Crippen molar-refractivity contribution in [2.75, 3.05) is 0 Å². The molecule has 0 bridgehead atoms. The van der Waals surface area contributed by atoms with Crippen LogP contribution in [0.1, 0.15) is 5.56 Å². The van der Waals surface area contributed by atoms with Crippen LogP contribution in [0, 0.1) is 5.21 Å². The molecule has 2 nitrogen and oxygen atoms in total. The molecule has 1 aromatic rings. The molecule has 0 atom stereocenters. The zero-order chi connectivity index (χ0) is 7.56. The van der Waals surface area contributed by atoms with Gasteiger partial charge in [0, 0.05) is 11.6 Å². The number of hydrogen-bond acceptors (Lipinski definition) is 1. The molecule has 0 spiro atoms. The lowest BCUT2D eigenvalue weighted by molar-refractivity contribution is -0.606. The molecular formula is C7H6BrNO. The molecule has 1 rings (SSSR count). The summed E-state index contributed by atoms with van der Waals surface area (Å²) in [4.78, 5) is 0. The lowest BCUT2D eigenvalue weighted by Crippen LogP contribution is -2.24. The van der Waals surface area contributed by atoms with Gasteiger partial charge in [-0.25, -0.2) is 0 Å². The molecule has 0 N–H and O–H groups in total. The van der Waals surface area contributed by atoms with E-state index >= 15 is 0 Å². The Morgan fingerprint density at radius 3 is 2.90 bits per heavy atom. The van der Waals surface area contributed by atoms with Crippen molar-refractivity contribution in [3.05, 3.63) is 40.3 Å². The number of rotatable bonds is 1. The van der Waals surface area contributed by atoms with Crippen molar-refractivity contribution < 1.29 is 4.73 Å². The summed E-state index contributed by atoms with van der Waals surface area (Å²) in [5.41, 5.74) is 0.923. The minimum Gasteiger partial charge on any atom is -0.619 e. The minimum absolute atomic E-state index is 0.733. The molecule has 0 aliphatic carbocycles. The third kappa shape index (κ3) is 1.36. The summed E-state index contributed by atoms with van der Waals surface area (Å²) in [6, 6.07) is 1.70. The largest absolute Gasteiger partial charge is 0.619 e. The molecule has 0 saturated carbocycles. The zero-order valence-corrected chi connectivity index (χ0v) is 6.84. The van der Waals surface area contributed by atoms with Gasteiger partial charge in [0.25, 0.3) is 0 Å². The molecule has 3 heteroatoms. The zero-order valence-electron chi connectivity index (χ0n) is 5.25. The SMILES string of the molecule is C=Cc1cc[n+]([O-])cc1Br. The Labute approximate surface area is 67.5 Å². The van der Waals surface area contributed by atoms with Crippen molar-refractivity contribution in [2.24, 2.45) is 0 Å². The first-order valence-corrected chi connectivity index (χ1v) is 3.54. The van der Waals surface area contributed by atoms with Crippen LogP contribution in [0.25, 0.3) is 6.08 Å². The Balaban J connectivity index is 3.19. The quantitative estimate of drug-likeness (QED) is 0.500. The second kappa shape index (κ2) is 2.84. The fourth-order valence-electron chi connectivity index (χ4n) is 0.628. The van der Waals surface area contributed by atoms with Crippen molar-refractivity contribution >= 4 is 22.0 Å². The predicted octanol–water partition coefficient (Wildman–Crippen LogP) is 1.73. The van der Waals surface area contributed by atoms with Gasteiger partial charge in [0.15, 0.2) is 12.4 Å². The Morgan fingerprint density at radius 2 is 2.40 bits per heavy atom. The molecular weight excluding hydrogens is 194 g/mol. The normalized spacial score (nSPS) is 9.30. The minimum atomic E-state index is 0.733. The first-order chi connectivity index (χ1) is 4.74. The number of aromatic nitrogens is 1. The van der Waals surface area contributed by atoms with Crippen molar-refractivity contribution in [1.29, 1.82) is 0 Å². The smallest absolute Gasteiger partial charge is 0.195 e. The van der Waals surface area contributed by atoms with Gasteiger partial charge in [-0.05, 0) is 15.9 Å². The van der Waals surface area contributed by atoms with Crippen LogP contribution in [-0.4, -0.2) is 0 Å². The Kier molecular flexibility index (Phi) is 2.06. The second-order valence-corrected chi connectivity index (χ2v) is 2.67.